The van der Waals surface area contributed by atoms with Gasteiger partial charge >= 0.3 is 6.09 Å². The van der Waals surface area contributed by atoms with Crippen LogP contribution in [0, 0.1) is 5.82 Å². The number of ether oxygens (including phenoxy) is 1. The minimum Gasteiger partial charge on any atom is -0.444 e. The van der Waals surface area contributed by atoms with Gasteiger partial charge in [-0.3, -0.25) is 4.79 Å². The van der Waals surface area contributed by atoms with E-state index < -0.39 is 17.0 Å². The highest BCUT2D eigenvalue weighted by atomic mass is 35.5. The number of halogens is 2. The maximum Gasteiger partial charge on any atom is 0.410 e. The number of amides is 2. The molecule has 194 valence electrons. The van der Waals surface area contributed by atoms with E-state index >= 15 is 0 Å². The molecule has 0 bridgehead atoms. The van der Waals surface area contributed by atoms with Crippen LogP contribution in [0.2, 0.25) is 5.02 Å². The summed E-state index contributed by atoms with van der Waals surface area (Å²) in [5.41, 5.74) is 1.12. The summed E-state index contributed by atoms with van der Waals surface area (Å²) in [5.74, 6) is -0.661. The molecule has 7 nitrogen and oxygen atoms in total. The Balaban J connectivity index is 1.57. The Labute approximate surface area is 217 Å². The number of anilines is 2. The predicted molar refractivity (Wildman–Crippen MR) is 139 cm³/mol. The van der Waals surface area contributed by atoms with Crippen LogP contribution in [0.1, 0.15) is 64.6 Å². The van der Waals surface area contributed by atoms with E-state index in [2.05, 4.69) is 13.8 Å². The van der Waals surface area contributed by atoms with E-state index in [0.29, 0.717) is 37.6 Å². The van der Waals surface area contributed by atoms with Crippen molar-refractivity contribution in [1.29, 1.82) is 0 Å². The standard InChI is InChI=1S/C27H34ClFN4O3/c1-25(2,3)36-24(35)31-12-13-33(27(6,7)16-31)23(34)20-10-11-21-22(30-20)26(4,5)15-32(21)17-8-9-18(28)19(29)14-17/h8-11,14H,12-13,15-16H2,1-7H3. The van der Waals surface area contributed by atoms with Gasteiger partial charge in [-0.15, -0.1) is 0 Å². The molecule has 2 aromatic rings. The van der Waals surface area contributed by atoms with Crippen molar-refractivity contribution in [3.8, 4) is 0 Å². The Morgan fingerprint density at radius 3 is 2.36 bits per heavy atom. The third-order valence-electron chi connectivity index (χ3n) is 6.59. The minimum atomic E-state index is -0.602. The number of fused-ring (bicyclic) bond motifs is 1. The summed E-state index contributed by atoms with van der Waals surface area (Å²) in [4.78, 5) is 36.4. The van der Waals surface area contributed by atoms with Gasteiger partial charge in [-0.05, 0) is 65.0 Å². The molecule has 1 aromatic carbocycles. The molecule has 1 aromatic heterocycles. The van der Waals surface area contributed by atoms with Gasteiger partial charge in [-0.25, -0.2) is 14.2 Å². The second-order valence-electron chi connectivity index (χ2n) is 11.8. The maximum atomic E-state index is 14.2. The van der Waals surface area contributed by atoms with Gasteiger partial charge in [0.05, 0.1) is 21.9 Å². The van der Waals surface area contributed by atoms with Gasteiger partial charge in [0.25, 0.3) is 5.91 Å². The number of benzene rings is 1. The van der Waals surface area contributed by atoms with E-state index in [-0.39, 0.29) is 22.4 Å². The van der Waals surface area contributed by atoms with E-state index in [9.17, 15) is 14.0 Å². The Hall–Kier alpha value is -2.87. The molecule has 2 aliphatic heterocycles. The molecule has 36 heavy (non-hydrogen) atoms. The summed E-state index contributed by atoms with van der Waals surface area (Å²) in [7, 11) is 0. The van der Waals surface area contributed by atoms with Crippen LogP contribution in [-0.2, 0) is 10.2 Å². The molecule has 0 saturated carbocycles. The highest BCUT2D eigenvalue weighted by molar-refractivity contribution is 6.30. The highest BCUT2D eigenvalue weighted by Gasteiger charge is 2.42. The highest BCUT2D eigenvalue weighted by Crippen LogP contribution is 2.44. The van der Waals surface area contributed by atoms with Crippen molar-refractivity contribution in [3.05, 3.63) is 52.6 Å². The molecule has 1 fully saturated rings. The summed E-state index contributed by atoms with van der Waals surface area (Å²) in [6.07, 6.45) is -0.376. The largest absolute Gasteiger partial charge is 0.444 e. The normalized spacial score (nSPS) is 18.8. The van der Waals surface area contributed by atoms with Crippen molar-refractivity contribution in [2.45, 2.75) is 65.0 Å². The zero-order valence-corrected chi connectivity index (χ0v) is 22.7. The van der Waals surface area contributed by atoms with Crippen LogP contribution in [0.25, 0.3) is 0 Å². The summed E-state index contributed by atoms with van der Waals surface area (Å²) in [6.45, 7) is 15.2. The number of carbonyl (C=O) groups excluding carboxylic acids is 2. The molecule has 0 radical (unpaired) electrons. The van der Waals surface area contributed by atoms with Crippen molar-refractivity contribution < 1.29 is 18.7 Å². The zero-order chi connectivity index (χ0) is 26.6. The molecule has 0 atom stereocenters. The van der Waals surface area contributed by atoms with E-state index in [4.69, 9.17) is 21.3 Å². The number of hydrogen-bond acceptors (Lipinski definition) is 5. The Morgan fingerprint density at radius 2 is 1.75 bits per heavy atom. The average Bonchev–Trinajstić information content (AvgIpc) is 3.03. The molecule has 0 N–H and O–H groups in total. The summed E-state index contributed by atoms with van der Waals surface area (Å²) >= 11 is 5.87. The van der Waals surface area contributed by atoms with Gasteiger partial charge in [0, 0.05) is 37.3 Å². The molecular formula is C27H34ClFN4O3. The molecule has 0 aliphatic carbocycles. The van der Waals surface area contributed by atoms with Crippen LogP contribution in [0.3, 0.4) is 0 Å². The monoisotopic (exact) mass is 516 g/mol. The van der Waals surface area contributed by atoms with Crippen molar-refractivity contribution in [2.75, 3.05) is 31.1 Å². The van der Waals surface area contributed by atoms with E-state index in [1.165, 1.54) is 6.07 Å². The minimum absolute atomic E-state index is 0.0749. The predicted octanol–water partition coefficient (Wildman–Crippen LogP) is 5.77. The molecule has 2 amide bonds. The van der Waals surface area contributed by atoms with Gasteiger partial charge in [0.15, 0.2) is 0 Å². The lowest BCUT2D eigenvalue weighted by atomic mass is 9.91. The number of aromatic nitrogens is 1. The topological polar surface area (TPSA) is 66.0 Å². The number of rotatable bonds is 2. The summed E-state index contributed by atoms with van der Waals surface area (Å²) in [5, 5.41) is 0.0749. The Morgan fingerprint density at radius 1 is 1.06 bits per heavy atom. The lowest BCUT2D eigenvalue weighted by Crippen LogP contribution is -2.62. The van der Waals surface area contributed by atoms with Gasteiger partial charge in [-0.1, -0.05) is 25.4 Å². The first-order valence-corrected chi connectivity index (χ1v) is 12.5. The van der Waals surface area contributed by atoms with Crippen molar-refractivity contribution in [3.63, 3.8) is 0 Å². The fourth-order valence-corrected chi connectivity index (χ4v) is 4.99. The number of carbonyl (C=O) groups is 2. The van der Waals surface area contributed by atoms with Crippen molar-refractivity contribution in [1.82, 2.24) is 14.8 Å². The molecule has 4 rings (SSSR count). The number of pyridine rings is 1. The lowest BCUT2D eigenvalue weighted by Gasteiger charge is -2.46. The van der Waals surface area contributed by atoms with Gasteiger partial charge in [0.1, 0.15) is 17.1 Å². The Kier molecular flexibility index (Phi) is 6.48. The van der Waals surface area contributed by atoms with Crippen molar-refractivity contribution in [2.24, 2.45) is 0 Å². The van der Waals surface area contributed by atoms with E-state index in [1.54, 1.807) is 28.0 Å². The van der Waals surface area contributed by atoms with Crippen molar-refractivity contribution >= 4 is 35.0 Å². The second kappa shape index (κ2) is 8.91. The fourth-order valence-electron chi connectivity index (χ4n) is 4.88. The first-order valence-electron chi connectivity index (χ1n) is 12.1. The first kappa shape index (κ1) is 26.2. The van der Waals surface area contributed by atoms with Gasteiger partial charge in [-0.2, -0.15) is 0 Å². The molecule has 0 spiro atoms. The smallest absolute Gasteiger partial charge is 0.410 e. The molecule has 0 unspecified atom stereocenters. The quantitative estimate of drug-likeness (QED) is 0.506. The molecule has 1 saturated heterocycles. The number of piperazine rings is 1. The van der Waals surface area contributed by atoms with Gasteiger partial charge < -0.3 is 19.4 Å². The van der Waals surface area contributed by atoms with Gasteiger partial charge in [0.2, 0.25) is 0 Å². The molecule has 9 heteroatoms. The SMILES string of the molecule is CC(C)(C)OC(=O)N1CCN(C(=O)c2ccc3c(n2)C(C)(C)CN3c2ccc(Cl)c(F)c2)C(C)(C)C1. The second-order valence-corrected chi connectivity index (χ2v) is 12.2. The van der Waals surface area contributed by atoms with Crippen LogP contribution in [0.5, 0.6) is 0 Å². The lowest BCUT2D eigenvalue weighted by molar-refractivity contribution is -0.0110. The van der Waals surface area contributed by atoms with E-state index in [0.717, 1.165) is 11.4 Å². The van der Waals surface area contributed by atoms with E-state index in [1.807, 2.05) is 45.6 Å². The number of nitrogens with zero attached hydrogens (tertiary/aromatic N) is 4. The fraction of sp³-hybridized carbons (Fsp3) is 0.519. The number of hydrogen-bond donors (Lipinski definition) is 0. The average molecular weight is 517 g/mol. The third-order valence-corrected chi connectivity index (χ3v) is 6.90. The molecule has 2 aliphatic rings. The van der Waals surface area contributed by atoms with Crippen LogP contribution in [-0.4, -0.2) is 64.1 Å². The van der Waals surface area contributed by atoms with Crippen LogP contribution in [0.15, 0.2) is 30.3 Å². The first-order chi connectivity index (χ1) is 16.6. The third kappa shape index (κ3) is 5.01. The van der Waals surface area contributed by atoms with Crippen LogP contribution < -0.4 is 4.90 Å². The maximum absolute atomic E-state index is 14.2. The zero-order valence-electron chi connectivity index (χ0n) is 22.0. The Bertz CT molecular complexity index is 1210. The molecule has 3 heterocycles. The summed E-state index contributed by atoms with van der Waals surface area (Å²) in [6, 6.07) is 8.34. The van der Waals surface area contributed by atoms with Crippen LogP contribution in [0.4, 0.5) is 20.6 Å². The van der Waals surface area contributed by atoms with Crippen LogP contribution >= 0.6 is 11.6 Å². The summed E-state index contributed by atoms with van der Waals surface area (Å²) < 4.78 is 19.7. The molecular weight excluding hydrogens is 483 g/mol.